The second kappa shape index (κ2) is 5.57. The number of carbonyl (C=O) groups excluding carboxylic acids is 2. The smallest absolute Gasteiger partial charge is 0.253 e. The molecule has 1 aliphatic rings. The molecule has 1 saturated carbocycles. The van der Waals surface area contributed by atoms with Gasteiger partial charge in [-0.15, -0.1) is 0 Å². The molecule has 1 heterocycles. The number of hydrogen-bond donors (Lipinski definition) is 2. The summed E-state index contributed by atoms with van der Waals surface area (Å²) in [4.78, 5) is 27.7. The van der Waals surface area contributed by atoms with Crippen LogP contribution in [-0.2, 0) is 4.79 Å². The van der Waals surface area contributed by atoms with E-state index in [2.05, 4.69) is 10.3 Å². The van der Waals surface area contributed by atoms with Crippen molar-refractivity contribution in [1.82, 2.24) is 10.3 Å². The zero-order chi connectivity index (χ0) is 13.9. The number of nitrogens with one attached hydrogen (secondary N) is 1. The number of pyridine rings is 1. The number of nitrogens with zero attached hydrogens (tertiary/aromatic N) is 1. The summed E-state index contributed by atoms with van der Waals surface area (Å²) in [6.07, 6.45) is 6.86. The highest BCUT2D eigenvalue weighted by atomic mass is 35.5. The summed E-state index contributed by atoms with van der Waals surface area (Å²) in [5.41, 5.74) is 4.83. The molecule has 0 aliphatic heterocycles. The monoisotopic (exact) mass is 281 g/mol. The summed E-state index contributed by atoms with van der Waals surface area (Å²) in [5.74, 6) is -0.862. The van der Waals surface area contributed by atoms with Crippen molar-refractivity contribution in [2.75, 3.05) is 0 Å². The predicted octanol–water partition coefficient (Wildman–Crippen LogP) is 1.65. The minimum Gasteiger partial charge on any atom is -0.368 e. The number of primary amides is 1. The molecule has 3 N–H and O–H groups in total. The van der Waals surface area contributed by atoms with Crippen LogP contribution in [0.2, 0.25) is 5.02 Å². The van der Waals surface area contributed by atoms with E-state index in [9.17, 15) is 9.59 Å². The van der Waals surface area contributed by atoms with E-state index < -0.39 is 11.4 Å². The van der Waals surface area contributed by atoms with Crippen LogP contribution in [0.4, 0.5) is 0 Å². The molecule has 0 unspecified atom stereocenters. The minimum atomic E-state index is -0.943. The fraction of sp³-hybridized carbons (Fsp3) is 0.462. The Labute approximate surface area is 116 Å². The van der Waals surface area contributed by atoms with Gasteiger partial charge in [0.1, 0.15) is 5.54 Å². The Morgan fingerprint density at radius 2 is 2.00 bits per heavy atom. The van der Waals surface area contributed by atoms with E-state index in [1.54, 1.807) is 0 Å². The number of halogens is 1. The quantitative estimate of drug-likeness (QED) is 0.883. The molecule has 2 rings (SSSR count). The van der Waals surface area contributed by atoms with Crippen LogP contribution in [0.1, 0.15) is 42.5 Å². The number of nitrogens with two attached hydrogens (primary N) is 1. The second-order valence-corrected chi connectivity index (χ2v) is 5.22. The zero-order valence-corrected chi connectivity index (χ0v) is 11.2. The van der Waals surface area contributed by atoms with Gasteiger partial charge in [0, 0.05) is 12.4 Å². The predicted molar refractivity (Wildman–Crippen MR) is 71.7 cm³/mol. The Balaban J connectivity index is 2.20. The molecule has 0 aromatic carbocycles. The molecule has 102 valence electrons. The summed E-state index contributed by atoms with van der Waals surface area (Å²) in [7, 11) is 0. The van der Waals surface area contributed by atoms with Crippen LogP contribution in [0.3, 0.4) is 0 Å². The minimum absolute atomic E-state index is 0.260. The largest absolute Gasteiger partial charge is 0.368 e. The van der Waals surface area contributed by atoms with Crippen LogP contribution >= 0.6 is 11.6 Å². The van der Waals surface area contributed by atoms with E-state index in [0.29, 0.717) is 18.4 Å². The first-order valence-corrected chi connectivity index (χ1v) is 6.65. The topological polar surface area (TPSA) is 85.1 Å². The first kappa shape index (κ1) is 13.8. The SMILES string of the molecule is NC(=O)C1(NC(=O)c2ccncc2Cl)CCCCC1. The van der Waals surface area contributed by atoms with Crippen molar-refractivity contribution < 1.29 is 9.59 Å². The van der Waals surface area contributed by atoms with Crippen molar-refractivity contribution in [3.8, 4) is 0 Å². The molecule has 6 heteroatoms. The van der Waals surface area contributed by atoms with E-state index in [-0.39, 0.29) is 10.9 Å². The molecule has 1 aromatic rings. The van der Waals surface area contributed by atoms with Gasteiger partial charge in [-0.25, -0.2) is 0 Å². The average Bonchev–Trinajstić information content (AvgIpc) is 2.40. The van der Waals surface area contributed by atoms with E-state index in [0.717, 1.165) is 19.3 Å². The number of rotatable bonds is 3. The van der Waals surface area contributed by atoms with Crippen molar-refractivity contribution >= 4 is 23.4 Å². The Morgan fingerprint density at radius 3 is 2.58 bits per heavy atom. The molecule has 0 atom stereocenters. The van der Waals surface area contributed by atoms with Crippen molar-refractivity contribution in [1.29, 1.82) is 0 Å². The van der Waals surface area contributed by atoms with Crippen LogP contribution < -0.4 is 11.1 Å². The fourth-order valence-corrected chi connectivity index (χ4v) is 2.64. The van der Waals surface area contributed by atoms with Gasteiger partial charge in [0.15, 0.2) is 0 Å². The molecule has 19 heavy (non-hydrogen) atoms. The van der Waals surface area contributed by atoms with E-state index >= 15 is 0 Å². The van der Waals surface area contributed by atoms with Gasteiger partial charge in [0.25, 0.3) is 5.91 Å². The Hall–Kier alpha value is -1.62. The highest BCUT2D eigenvalue weighted by Gasteiger charge is 2.39. The number of aromatic nitrogens is 1. The third-order valence-corrected chi connectivity index (χ3v) is 3.85. The average molecular weight is 282 g/mol. The molecule has 0 saturated heterocycles. The maximum absolute atomic E-state index is 12.2. The van der Waals surface area contributed by atoms with Gasteiger partial charge in [-0.1, -0.05) is 30.9 Å². The van der Waals surface area contributed by atoms with Crippen LogP contribution in [0, 0.1) is 0 Å². The fourth-order valence-electron chi connectivity index (χ4n) is 2.43. The number of carbonyl (C=O) groups is 2. The second-order valence-electron chi connectivity index (χ2n) is 4.82. The van der Waals surface area contributed by atoms with Gasteiger partial charge in [-0.05, 0) is 18.9 Å². The summed E-state index contributed by atoms with van der Waals surface area (Å²) >= 11 is 5.92. The van der Waals surface area contributed by atoms with Gasteiger partial charge in [-0.3, -0.25) is 14.6 Å². The first-order valence-electron chi connectivity index (χ1n) is 6.27. The number of amides is 2. The molecule has 0 bridgehead atoms. The summed E-state index contributed by atoms with van der Waals surface area (Å²) in [6, 6.07) is 1.52. The molecule has 1 aliphatic carbocycles. The van der Waals surface area contributed by atoms with E-state index in [1.165, 1.54) is 18.5 Å². The first-order chi connectivity index (χ1) is 9.05. The summed E-state index contributed by atoms with van der Waals surface area (Å²) < 4.78 is 0. The molecule has 5 nitrogen and oxygen atoms in total. The van der Waals surface area contributed by atoms with Crippen molar-refractivity contribution in [2.45, 2.75) is 37.6 Å². The van der Waals surface area contributed by atoms with Crippen molar-refractivity contribution in [2.24, 2.45) is 5.73 Å². The molecule has 1 fully saturated rings. The van der Waals surface area contributed by atoms with Crippen LogP contribution in [-0.4, -0.2) is 22.3 Å². The lowest BCUT2D eigenvalue weighted by Crippen LogP contribution is -2.58. The van der Waals surface area contributed by atoms with Crippen LogP contribution in [0.25, 0.3) is 0 Å². The van der Waals surface area contributed by atoms with Crippen molar-refractivity contribution in [3.05, 3.63) is 29.0 Å². The van der Waals surface area contributed by atoms with Gasteiger partial charge in [0.05, 0.1) is 10.6 Å². The molecule has 1 aromatic heterocycles. The van der Waals surface area contributed by atoms with Gasteiger partial charge in [0.2, 0.25) is 5.91 Å². The lowest BCUT2D eigenvalue weighted by molar-refractivity contribution is -0.125. The highest BCUT2D eigenvalue weighted by molar-refractivity contribution is 6.33. The third-order valence-electron chi connectivity index (χ3n) is 3.55. The normalized spacial score (nSPS) is 17.7. The molecular weight excluding hydrogens is 266 g/mol. The van der Waals surface area contributed by atoms with Gasteiger partial charge in [-0.2, -0.15) is 0 Å². The van der Waals surface area contributed by atoms with E-state index in [1.807, 2.05) is 0 Å². The molecule has 2 amide bonds. The lowest BCUT2D eigenvalue weighted by atomic mass is 9.81. The van der Waals surface area contributed by atoms with Gasteiger partial charge >= 0.3 is 0 Å². The maximum Gasteiger partial charge on any atom is 0.253 e. The zero-order valence-electron chi connectivity index (χ0n) is 10.5. The Kier molecular flexibility index (Phi) is 4.04. The Bertz CT molecular complexity index is 498. The highest BCUT2D eigenvalue weighted by Crippen LogP contribution is 2.28. The third kappa shape index (κ3) is 2.87. The lowest BCUT2D eigenvalue weighted by Gasteiger charge is -2.35. The maximum atomic E-state index is 12.2. The number of hydrogen-bond acceptors (Lipinski definition) is 3. The van der Waals surface area contributed by atoms with Crippen LogP contribution in [0.5, 0.6) is 0 Å². The summed E-state index contributed by atoms with van der Waals surface area (Å²) in [6.45, 7) is 0. The molecule has 0 radical (unpaired) electrons. The van der Waals surface area contributed by atoms with Crippen molar-refractivity contribution in [3.63, 3.8) is 0 Å². The van der Waals surface area contributed by atoms with Crippen LogP contribution in [0.15, 0.2) is 18.5 Å². The van der Waals surface area contributed by atoms with Gasteiger partial charge < -0.3 is 11.1 Å². The summed E-state index contributed by atoms with van der Waals surface area (Å²) in [5, 5.41) is 3.02. The molecule has 0 spiro atoms. The molecular formula is C13H16ClN3O2. The standard InChI is InChI=1S/C13H16ClN3O2/c14-10-8-16-7-4-9(10)11(18)17-13(12(15)19)5-2-1-3-6-13/h4,7-8H,1-3,5-6H2,(H2,15,19)(H,17,18). The Morgan fingerprint density at radius 1 is 1.32 bits per heavy atom. The van der Waals surface area contributed by atoms with E-state index in [4.69, 9.17) is 17.3 Å².